The average molecular weight is 257 g/mol. The molecule has 0 unspecified atom stereocenters. The fourth-order valence-electron chi connectivity index (χ4n) is 1.34. The van der Waals surface area contributed by atoms with Crippen LogP contribution < -0.4 is 5.73 Å². The SMILES string of the molecule is CCCCOCCS(=O)(=O)c1cccc(N)c1. The number of anilines is 1. The molecule has 0 bridgehead atoms. The maximum absolute atomic E-state index is 11.9. The van der Waals surface area contributed by atoms with E-state index in [4.69, 9.17) is 10.5 Å². The normalized spacial score (nSPS) is 11.6. The van der Waals surface area contributed by atoms with Gasteiger partial charge in [-0.25, -0.2) is 8.42 Å². The van der Waals surface area contributed by atoms with Gasteiger partial charge in [-0.3, -0.25) is 0 Å². The zero-order valence-electron chi connectivity index (χ0n) is 10.1. The van der Waals surface area contributed by atoms with Gasteiger partial charge in [0.25, 0.3) is 0 Å². The lowest BCUT2D eigenvalue weighted by atomic mass is 10.3. The molecule has 96 valence electrons. The van der Waals surface area contributed by atoms with Gasteiger partial charge in [-0.15, -0.1) is 0 Å². The van der Waals surface area contributed by atoms with Crippen molar-refractivity contribution >= 4 is 15.5 Å². The molecule has 0 saturated carbocycles. The van der Waals surface area contributed by atoms with Crippen LogP contribution in [0.5, 0.6) is 0 Å². The fourth-order valence-corrected chi connectivity index (χ4v) is 2.52. The Morgan fingerprint density at radius 1 is 1.29 bits per heavy atom. The molecule has 0 aliphatic rings. The van der Waals surface area contributed by atoms with E-state index < -0.39 is 9.84 Å². The second-order valence-corrected chi connectivity index (χ2v) is 5.97. The van der Waals surface area contributed by atoms with Crippen LogP contribution in [0.4, 0.5) is 5.69 Å². The summed E-state index contributed by atoms with van der Waals surface area (Å²) in [5.74, 6) is 0.000166. The van der Waals surface area contributed by atoms with Crippen LogP contribution in [0.25, 0.3) is 0 Å². The van der Waals surface area contributed by atoms with Gasteiger partial charge in [0.1, 0.15) is 0 Å². The Morgan fingerprint density at radius 3 is 2.71 bits per heavy atom. The Bertz CT molecular complexity index is 443. The Balaban J connectivity index is 2.51. The Labute approximate surface area is 103 Å². The van der Waals surface area contributed by atoms with Crippen molar-refractivity contribution in [1.29, 1.82) is 0 Å². The molecule has 0 aliphatic carbocycles. The second-order valence-electron chi connectivity index (χ2n) is 3.86. The van der Waals surface area contributed by atoms with E-state index in [1.807, 2.05) is 0 Å². The topological polar surface area (TPSA) is 69.4 Å². The summed E-state index contributed by atoms with van der Waals surface area (Å²) in [6.45, 7) is 2.91. The third kappa shape index (κ3) is 4.75. The number of unbranched alkanes of at least 4 members (excludes halogenated alkanes) is 1. The number of benzene rings is 1. The van der Waals surface area contributed by atoms with Crippen LogP contribution in [0.15, 0.2) is 29.2 Å². The van der Waals surface area contributed by atoms with E-state index in [0.717, 1.165) is 12.8 Å². The van der Waals surface area contributed by atoms with Crippen LogP contribution in [-0.4, -0.2) is 27.4 Å². The molecule has 17 heavy (non-hydrogen) atoms. The van der Waals surface area contributed by atoms with E-state index >= 15 is 0 Å². The molecule has 0 amide bonds. The highest BCUT2D eigenvalue weighted by molar-refractivity contribution is 7.91. The summed E-state index contributed by atoms with van der Waals surface area (Å²) < 4.78 is 29.0. The number of hydrogen-bond donors (Lipinski definition) is 1. The van der Waals surface area contributed by atoms with E-state index in [-0.39, 0.29) is 17.3 Å². The molecule has 0 saturated heterocycles. The number of ether oxygens (including phenoxy) is 1. The van der Waals surface area contributed by atoms with Gasteiger partial charge in [0.05, 0.1) is 17.3 Å². The summed E-state index contributed by atoms with van der Waals surface area (Å²) in [5.41, 5.74) is 6.01. The fraction of sp³-hybridized carbons (Fsp3) is 0.500. The van der Waals surface area contributed by atoms with E-state index in [1.165, 1.54) is 6.07 Å². The van der Waals surface area contributed by atoms with E-state index in [9.17, 15) is 8.42 Å². The second kappa shape index (κ2) is 6.61. The molecule has 1 aromatic rings. The van der Waals surface area contributed by atoms with Gasteiger partial charge in [-0.05, 0) is 24.6 Å². The Morgan fingerprint density at radius 2 is 2.06 bits per heavy atom. The largest absolute Gasteiger partial charge is 0.399 e. The first kappa shape index (κ1) is 14.0. The van der Waals surface area contributed by atoms with Crippen molar-refractivity contribution in [3.05, 3.63) is 24.3 Å². The minimum Gasteiger partial charge on any atom is -0.399 e. The summed E-state index contributed by atoms with van der Waals surface area (Å²) in [4.78, 5) is 0.261. The average Bonchev–Trinajstić information content (AvgIpc) is 2.29. The number of nitrogens with two attached hydrogens (primary N) is 1. The van der Waals surface area contributed by atoms with Crippen LogP contribution >= 0.6 is 0 Å². The lowest BCUT2D eigenvalue weighted by molar-refractivity contribution is 0.146. The van der Waals surface area contributed by atoms with Crippen molar-refractivity contribution in [2.45, 2.75) is 24.7 Å². The maximum atomic E-state index is 11.9. The van der Waals surface area contributed by atoms with E-state index in [0.29, 0.717) is 12.3 Å². The molecule has 0 spiro atoms. The van der Waals surface area contributed by atoms with Crippen molar-refractivity contribution in [3.8, 4) is 0 Å². The molecule has 0 atom stereocenters. The number of sulfone groups is 1. The first-order chi connectivity index (χ1) is 8.06. The first-order valence-corrected chi connectivity index (χ1v) is 7.37. The van der Waals surface area contributed by atoms with Crippen LogP contribution in [0.1, 0.15) is 19.8 Å². The summed E-state index contributed by atoms with van der Waals surface area (Å²) in [5, 5.41) is 0. The van der Waals surface area contributed by atoms with E-state index in [2.05, 4.69) is 6.92 Å². The van der Waals surface area contributed by atoms with Crippen molar-refractivity contribution in [2.75, 3.05) is 24.7 Å². The molecular weight excluding hydrogens is 238 g/mol. The first-order valence-electron chi connectivity index (χ1n) is 5.72. The van der Waals surface area contributed by atoms with Gasteiger partial charge in [0, 0.05) is 12.3 Å². The molecule has 0 heterocycles. The standard InChI is InChI=1S/C12H19NO3S/c1-2-3-7-16-8-9-17(14,15)12-6-4-5-11(13)10-12/h4-6,10H,2-3,7-9,13H2,1H3. The quantitative estimate of drug-likeness (QED) is 0.598. The minimum atomic E-state index is -3.27. The molecule has 0 radical (unpaired) electrons. The van der Waals surface area contributed by atoms with Crippen LogP contribution in [0, 0.1) is 0 Å². The van der Waals surface area contributed by atoms with Gasteiger partial charge in [-0.1, -0.05) is 19.4 Å². The van der Waals surface area contributed by atoms with E-state index in [1.54, 1.807) is 18.2 Å². The summed E-state index contributed by atoms with van der Waals surface area (Å²) in [6, 6.07) is 6.33. The Kier molecular flexibility index (Phi) is 5.44. The highest BCUT2D eigenvalue weighted by atomic mass is 32.2. The van der Waals surface area contributed by atoms with Crippen LogP contribution in [-0.2, 0) is 14.6 Å². The third-order valence-corrected chi connectivity index (χ3v) is 4.03. The number of rotatable bonds is 7. The summed E-state index contributed by atoms with van der Waals surface area (Å²) in [7, 11) is -3.27. The van der Waals surface area contributed by atoms with Crippen molar-refractivity contribution in [2.24, 2.45) is 0 Å². The van der Waals surface area contributed by atoms with Crippen LogP contribution in [0.3, 0.4) is 0 Å². The zero-order valence-corrected chi connectivity index (χ0v) is 10.9. The van der Waals surface area contributed by atoms with Gasteiger partial charge in [0.2, 0.25) is 0 Å². The molecule has 1 aromatic carbocycles. The van der Waals surface area contributed by atoms with Crippen molar-refractivity contribution < 1.29 is 13.2 Å². The molecule has 5 heteroatoms. The summed E-state index contributed by atoms with van der Waals surface area (Å²) in [6.07, 6.45) is 2.00. The molecule has 4 nitrogen and oxygen atoms in total. The molecule has 0 aromatic heterocycles. The summed E-state index contributed by atoms with van der Waals surface area (Å²) >= 11 is 0. The van der Waals surface area contributed by atoms with Crippen molar-refractivity contribution in [1.82, 2.24) is 0 Å². The number of nitrogen functional groups attached to an aromatic ring is 1. The molecular formula is C12H19NO3S. The van der Waals surface area contributed by atoms with Crippen molar-refractivity contribution in [3.63, 3.8) is 0 Å². The lowest BCUT2D eigenvalue weighted by Gasteiger charge is -2.06. The molecule has 0 fully saturated rings. The predicted octanol–water partition coefficient (Wildman–Crippen LogP) is 1.86. The van der Waals surface area contributed by atoms with Gasteiger partial charge >= 0.3 is 0 Å². The number of hydrogen-bond acceptors (Lipinski definition) is 4. The maximum Gasteiger partial charge on any atom is 0.180 e. The van der Waals surface area contributed by atoms with Gasteiger partial charge in [0.15, 0.2) is 9.84 Å². The molecule has 0 aliphatic heterocycles. The van der Waals surface area contributed by atoms with Gasteiger partial charge in [-0.2, -0.15) is 0 Å². The Hall–Kier alpha value is -1.07. The third-order valence-electron chi connectivity index (χ3n) is 2.36. The predicted molar refractivity (Wildman–Crippen MR) is 68.6 cm³/mol. The smallest absolute Gasteiger partial charge is 0.180 e. The zero-order chi connectivity index (χ0) is 12.7. The van der Waals surface area contributed by atoms with Gasteiger partial charge < -0.3 is 10.5 Å². The monoisotopic (exact) mass is 257 g/mol. The van der Waals surface area contributed by atoms with Crippen LogP contribution in [0.2, 0.25) is 0 Å². The molecule has 2 N–H and O–H groups in total. The highest BCUT2D eigenvalue weighted by Crippen LogP contribution is 2.14. The highest BCUT2D eigenvalue weighted by Gasteiger charge is 2.14. The lowest BCUT2D eigenvalue weighted by Crippen LogP contribution is -2.13. The molecule has 1 rings (SSSR count). The minimum absolute atomic E-state index is 0.000166.